The smallest absolute Gasteiger partial charge is 0.236 e. The predicted octanol–water partition coefficient (Wildman–Crippen LogP) is 3.30. The maximum atomic E-state index is 8.54. The summed E-state index contributed by atoms with van der Waals surface area (Å²) in [5.41, 5.74) is 1.20. The molecule has 0 saturated heterocycles. The highest BCUT2D eigenvalue weighted by Crippen LogP contribution is 2.47. The fraction of sp³-hybridized carbons (Fsp3) is 0.400. The van der Waals surface area contributed by atoms with E-state index in [-0.39, 0.29) is 5.41 Å². The molecule has 1 heterocycles. The van der Waals surface area contributed by atoms with Crippen LogP contribution in [0.15, 0.2) is 34.9 Å². The third-order valence-electron chi connectivity index (χ3n) is 3.82. The van der Waals surface area contributed by atoms with Gasteiger partial charge in [-0.05, 0) is 18.4 Å². The summed E-state index contributed by atoms with van der Waals surface area (Å²) in [5, 5.41) is 12.7. The SMILES string of the molecule is N#CCSCc1nc(C2(c3ccccc3)CCC2)no1. The van der Waals surface area contributed by atoms with Gasteiger partial charge in [0.1, 0.15) is 0 Å². The van der Waals surface area contributed by atoms with Crippen LogP contribution in [0.1, 0.15) is 36.5 Å². The van der Waals surface area contributed by atoms with Crippen molar-refractivity contribution in [1.82, 2.24) is 10.1 Å². The fourth-order valence-electron chi connectivity index (χ4n) is 2.62. The van der Waals surface area contributed by atoms with Crippen molar-refractivity contribution in [3.05, 3.63) is 47.6 Å². The van der Waals surface area contributed by atoms with E-state index in [1.165, 1.54) is 23.7 Å². The van der Waals surface area contributed by atoms with Crippen LogP contribution in [0.2, 0.25) is 0 Å². The van der Waals surface area contributed by atoms with E-state index in [4.69, 9.17) is 9.78 Å². The Morgan fingerprint density at radius 2 is 2.10 bits per heavy atom. The summed E-state index contributed by atoms with van der Waals surface area (Å²) in [7, 11) is 0. The molecule has 3 rings (SSSR count). The third-order valence-corrected chi connectivity index (χ3v) is 4.61. The molecular formula is C15H15N3OS. The molecule has 2 aromatic rings. The zero-order valence-corrected chi connectivity index (χ0v) is 11.9. The maximum absolute atomic E-state index is 8.54. The van der Waals surface area contributed by atoms with E-state index in [0.29, 0.717) is 17.4 Å². The van der Waals surface area contributed by atoms with Crippen molar-refractivity contribution >= 4 is 11.8 Å². The summed E-state index contributed by atoms with van der Waals surface area (Å²) in [6.45, 7) is 0. The molecule has 5 heteroatoms. The van der Waals surface area contributed by atoms with E-state index in [0.717, 1.165) is 18.7 Å². The summed E-state index contributed by atoms with van der Waals surface area (Å²) >= 11 is 1.49. The summed E-state index contributed by atoms with van der Waals surface area (Å²) in [6, 6.07) is 12.5. The Labute approximate surface area is 122 Å². The molecule has 1 aliphatic carbocycles. The summed E-state index contributed by atoms with van der Waals surface area (Å²) in [6.07, 6.45) is 3.34. The minimum atomic E-state index is -0.0666. The van der Waals surface area contributed by atoms with Gasteiger partial charge in [0, 0.05) is 0 Å². The van der Waals surface area contributed by atoms with Gasteiger partial charge in [-0.3, -0.25) is 0 Å². The highest BCUT2D eigenvalue weighted by Gasteiger charge is 2.44. The zero-order chi connectivity index (χ0) is 13.8. The van der Waals surface area contributed by atoms with E-state index < -0.39 is 0 Å². The van der Waals surface area contributed by atoms with Gasteiger partial charge in [-0.2, -0.15) is 10.2 Å². The molecule has 0 bridgehead atoms. The second-order valence-electron chi connectivity index (χ2n) is 4.96. The van der Waals surface area contributed by atoms with Crippen LogP contribution in [0.3, 0.4) is 0 Å². The van der Waals surface area contributed by atoms with Crippen LogP contribution in [0.5, 0.6) is 0 Å². The number of aromatic nitrogens is 2. The Kier molecular flexibility index (Phi) is 3.75. The number of hydrogen-bond donors (Lipinski definition) is 0. The van der Waals surface area contributed by atoms with Crippen molar-refractivity contribution in [3.8, 4) is 6.07 Å². The van der Waals surface area contributed by atoms with Crippen molar-refractivity contribution in [1.29, 1.82) is 5.26 Å². The number of benzene rings is 1. The maximum Gasteiger partial charge on any atom is 0.236 e. The van der Waals surface area contributed by atoms with E-state index in [9.17, 15) is 0 Å². The molecular weight excluding hydrogens is 270 g/mol. The minimum absolute atomic E-state index is 0.0666. The molecule has 0 unspecified atom stereocenters. The second-order valence-corrected chi connectivity index (χ2v) is 5.95. The molecule has 0 amide bonds. The molecule has 0 radical (unpaired) electrons. The Bertz CT molecular complexity index is 614. The topological polar surface area (TPSA) is 62.7 Å². The quantitative estimate of drug-likeness (QED) is 0.789. The number of thioether (sulfide) groups is 1. The van der Waals surface area contributed by atoms with Crippen LogP contribution in [0.25, 0.3) is 0 Å². The number of rotatable bonds is 5. The van der Waals surface area contributed by atoms with Gasteiger partial charge in [-0.25, -0.2) is 0 Å². The monoisotopic (exact) mass is 285 g/mol. The second kappa shape index (κ2) is 5.68. The van der Waals surface area contributed by atoms with Gasteiger partial charge in [0.05, 0.1) is 23.0 Å². The van der Waals surface area contributed by atoms with Crippen LogP contribution >= 0.6 is 11.8 Å². The van der Waals surface area contributed by atoms with E-state index in [1.54, 1.807) is 0 Å². The Morgan fingerprint density at radius 3 is 2.75 bits per heavy atom. The lowest BCUT2D eigenvalue weighted by Crippen LogP contribution is -2.36. The fourth-order valence-corrected chi connectivity index (χ4v) is 3.11. The van der Waals surface area contributed by atoms with E-state index in [2.05, 4.69) is 40.5 Å². The molecule has 1 aromatic heterocycles. The predicted molar refractivity (Wildman–Crippen MR) is 77.1 cm³/mol. The molecule has 4 nitrogen and oxygen atoms in total. The molecule has 0 atom stereocenters. The summed E-state index contributed by atoms with van der Waals surface area (Å²) in [4.78, 5) is 4.54. The first-order chi connectivity index (χ1) is 9.85. The Morgan fingerprint density at radius 1 is 1.30 bits per heavy atom. The molecule has 1 aliphatic rings. The van der Waals surface area contributed by atoms with E-state index in [1.807, 2.05) is 6.07 Å². The van der Waals surface area contributed by atoms with Crippen molar-refractivity contribution < 1.29 is 4.52 Å². The highest BCUT2D eigenvalue weighted by molar-refractivity contribution is 7.98. The minimum Gasteiger partial charge on any atom is -0.338 e. The number of nitrogens with zero attached hydrogens (tertiary/aromatic N) is 3. The highest BCUT2D eigenvalue weighted by atomic mass is 32.2. The first-order valence-electron chi connectivity index (χ1n) is 6.68. The lowest BCUT2D eigenvalue weighted by atomic mass is 9.64. The van der Waals surface area contributed by atoms with Gasteiger partial charge < -0.3 is 4.52 Å². The first-order valence-corrected chi connectivity index (χ1v) is 7.84. The molecule has 0 spiro atoms. The summed E-state index contributed by atoms with van der Waals surface area (Å²) in [5.74, 6) is 2.46. The van der Waals surface area contributed by atoms with Crippen LogP contribution in [0.4, 0.5) is 0 Å². The normalized spacial score (nSPS) is 16.4. The molecule has 0 aliphatic heterocycles. The Hall–Kier alpha value is -1.80. The average molecular weight is 285 g/mol. The van der Waals surface area contributed by atoms with Gasteiger partial charge in [0.15, 0.2) is 5.82 Å². The van der Waals surface area contributed by atoms with Crippen LogP contribution in [-0.2, 0) is 11.2 Å². The molecule has 102 valence electrons. The van der Waals surface area contributed by atoms with Gasteiger partial charge in [-0.15, -0.1) is 11.8 Å². The van der Waals surface area contributed by atoms with Crippen molar-refractivity contribution in [2.45, 2.75) is 30.4 Å². The first kappa shape index (κ1) is 13.2. The number of hydrogen-bond acceptors (Lipinski definition) is 5. The lowest BCUT2D eigenvalue weighted by molar-refractivity contribution is 0.271. The molecule has 20 heavy (non-hydrogen) atoms. The lowest BCUT2D eigenvalue weighted by Gasteiger charge is -2.39. The average Bonchev–Trinajstić information content (AvgIpc) is 2.88. The van der Waals surface area contributed by atoms with Crippen molar-refractivity contribution in [3.63, 3.8) is 0 Å². The number of nitriles is 1. The summed E-state index contributed by atoms with van der Waals surface area (Å²) < 4.78 is 5.32. The van der Waals surface area contributed by atoms with Crippen LogP contribution in [0, 0.1) is 11.3 Å². The van der Waals surface area contributed by atoms with Gasteiger partial charge in [0.2, 0.25) is 5.89 Å². The molecule has 0 N–H and O–H groups in total. The van der Waals surface area contributed by atoms with Crippen LogP contribution in [-0.4, -0.2) is 15.9 Å². The molecule has 1 saturated carbocycles. The third kappa shape index (κ3) is 2.32. The van der Waals surface area contributed by atoms with E-state index >= 15 is 0 Å². The standard InChI is InChI=1S/C15H15N3OS/c16-9-10-20-11-13-17-14(18-19-13)15(7-4-8-15)12-5-2-1-3-6-12/h1-3,5-6H,4,7-8,10-11H2. The van der Waals surface area contributed by atoms with Gasteiger partial charge >= 0.3 is 0 Å². The molecule has 1 aromatic carbocycles. The van der Waals surface area contributed by atoms with Gasteiger partial charge in [-0.1, -0.05) is 41.9 Å². The largest absolute Gasteiger partial charge is 0.338 e. The van der Waals surface area contributed by atoms with Crippen molar-refractivity contribution in [2.24, 2.45) is 0 Å². The Balaban J connectivity index is 1.82. The van der Waals surface area contributed by atoms with Crippen molar-refractivity contribution in [2.75, 3.05) is 5.75 Å². The zero-order valence-electron chi connectivity index (χ0n) is 11.1. The molecule has 1 fully saturated rings. The van der Waals surface area contributed by atoms with Crippen LogP contribution < -0.4 is 0 Å². The van der Waals surface area contributed by atoms with Gasteiger partial charge in [0.25, 0.3) is 0 Å².